The predicted molar refractivity (Wildman–Crippen MR) is 88.2 cm³/mol. The lowest BCUT2D eigenvalue weighted by atomic mass is 10.1. The zero-order chi connectivity index (χ0) is 15.5. The molecule has 1 aliphatic heterocycles. The van der Waals surface area contributed by atoms with Gasteiger partial charge in [-0.2, -0.15) is 5.10 Å². The van der Waals surface area contributed by atoms with E-state index in [0.717, 1.165) is 25.2 Å². The summed E-state index contributed by atoms with van der Waals surface area (Å²) in [4.78, 5) is 15.4. The van der Waals surface area contributed by atoms with Crippen molar-refractivity contribution in [3.63, 3.8) is 0 Å². The molecule has 1 saturated heterocycles. The lowest BCUT2D eigenvalue weighted by molar-refractivity contribution is -0.123. The van der Waals surface area contributed by atoms with Gasteiger partial charge in [0.05, 0.1) is 18.3 Å². The van der Waals surface area contributed by atoms with Crippen LogP contribution in [0.4, 0.5) is 0 Å². The molecule has 0 spiro atoms. The Balaban J connectivity index is 1.36. The highest BCUT2D eigenvalue weighted by Gasteiger charge is 2.30. The minimum absolute atomic E-state index is 0.114. The molecule has 5 nitrogen and oxygen atoms in total. The van der Waals surface area contributed by atoms with E-state index in [4.69, 9.17) is 0 Å². The van der Waals surface area contributed by atoms with Crippen LogP contribution in [-0.4, -0.2) is 46.8 Å². The second-order valence-corrected chi connectivity index (χ2v) is 6.93. The van der Waals surface area contributed by atoms with Crippen LogP contribution in [0.2, 0.25) is 0 Å². The van der Waals surface area contributed by atoms with Crippen molar-refractivity contribution in [3.8, 4) is 0 Å². The lowest BCUT2D eigenvalue weighted by Crippen LogP contribution is -2.52. The number of likely N-dealkylation sites (tertiary alicyclic amines) is 1. The topological polar surface area (TPSA) is 50.2 Å². The molecule has 0 unspecified atom stereocenters. The van der Waals surface area contributed by atoms with Crippen LogP contribution in [0.15, 0.2) is 23.6 Å². The van der Waals surface area contributed by atoms with E-state index in [1.54, 1.807) is 11.3 Å². The molecule has 0 bridgehead atoms. The quantitative estimate of drug-likeness (QED) is 0.883. The maximum absolute atomic E-state index is 11.9. The van der Waals surface area contributed by atoms with Crippen LogP contribution in [0.1, 0.15) is 22.3 Å². The largest absolute Gasteiger partial charge is 0.355 e. The zero-order valence-electron chi connectivity index (χ0n) is 13.1. The van der Waals surface area contributed by atoms with Crippen LogP contribution >= 0.6 is 11.3 Å². The molecule has 1 N–H and O–H groups in total. The number of nitrogens with one attached hydrogen (secondary N) is 1. The van der Waals surface area contributed by atoms with Crippen molar-refractivity contribution in [1.82, 2.24) is 20.0 Å². The first kappa shape index (κ1) is 15.2. The summed E-state index contributed by atoms with van der Waals surface area (Å²) in [6.07, 6.45) is 0.914. The zero-order valence-corrected chi connectivity index (χ0v) is 13.9. The number of rotatable bonds is 6. The fourth-order valence-corrected chi connectivity index (χ4v) is 3.59. The molecule has 0 aliphatic carbocycles. The van der Waals surface area contributed by atoms with Gasteiger partial charge in [0.15, 0.2) is 0 Å². The number of carbonyl (C=O) groups excluding carboxylic acids is 1. The van der Waals surface area contributed by atoms with Gasteiger partial charge in [0, 0.05) is 30.2 Å². The van der Waals surface area contributed by atoms with Crippen LogP contribution in [0.25, 0.3) is 0 Å². The molecule has 1 amide bonds. The van der Waals surface area contributed by atoms with Crippen molar-refractivity contribution in [1.29, 1.82) is 0 Å². The molecule has 3 rings (SSSR count). The average Bonchev–Trinajstić information content (AvgIpc) is 3.03. The van der Waals surface area contributed by atoms with Gasteiger partial charge in [0.25, 0.3) is 0 Å². The number of amides is 1. The molecule has 2 aromatic heterocycles. The Morgan fingerprint density at radius 1 is 1.45 bits per heavy atom. The highest BCUT2D eigenvalue weighted by Crippen LogP contribution is 2.22. The van der Waals surface area contributed by atoms with E-state index in [0.29, 0.717) is 19.1 Å². The Hall–Kier alpha value is -1.66. The first-order chi connectivity index (χ1) is 10.6. The lowest BCUT2D eigenvalue weighted by Gasteiger charge is -2.39. The molecule has 118 valence electrons. The van der Waals surface area contributed by atoms with Crippen LogP contribution in [-0.2, 0) is 11.2 Å². The summed E-state index contributed by atoms with van der Waals surface area (Å²) in [5.74, 6) is 0.114. The van der Waals surface area contributed by atoms with E-state index in [2.05, 4.69) is 44.4 Å². The van der Waals surface area contributed by atoms with Crippen LogP contribution in [0.5, 0.6) is 0 Å². The van der Waals surface area contributed by atoms with Crippen molar-refractivity contribution in [2.45, 2.75) is 26.3 Å². The highest BCUT2D eigenvalue weighted by atomic mass is 32.1. The number of aromatic nitrogens is 2. The number of hydrogen-bond donors (Lipinski definition) is 1. The molecule has 1 aliphatic rings. The molecule has 1 fully saturated rings. The van der Waals surface area contributed by atoms with E-state index in [9.17, 15) is 4.79 Å². The van der Waals surface area contributed by atoms with Crippen molar-refractivity contribution in [2.75, 3.05) is 26.2 Å². The van der Waals surface area contributed by atoms with Gasteiger partial charge in [-0.05, 0) is 37.8 Å². The maximum Gasteiger partial charge on any atom is 0.234 e. The van der Waals surface area contributed by atoms with E-state index >= 15 is 0 Å². The first-order valence-corrected chi connectivity index (χ1v) is 8.54. The summed E-state index contributed by atoms with van der Waals surface area (Å²) in [7, 11) is 0. The third-order valence-corrected chi connectivity index (χ3v) is 4.91. The predicted octanol–water partition coefficient (Wildman–Crippen LogP) is 1.78. The molecule has 0 atom stereocenters. The van der Waals surface area contributed by atoms with Gasteiger partial charge < -0.3 is 5.32 Å². The van der Waals surface area contributed by atoms with Gasteiger partial charge >= 0.3 is 0 Å². The summed E-state index contributed by atoms with van der Waals surface area (Å²) in [6.45, 7) is 7.11. The molecule has 6 heteroatoms. The number of aryl methyl sites for hydroxylation is 2. The summed E-state index contributed by atoms with van der Waals surface area (Å²) in [6, 6.07) is 6.65. The van der Waals surface area contributed by atoms with Gasteiger partial charge in [-0.3, -0.25) is 14.4 Å². The average molecular weight is 318 g/mol. The molecule has 0 saturated carbocycles. The van der Waals surface area contributed by atoms with Crippen molar-refractivity contribution < 1.29 is 4.79 Å². The first-order valence-electron chi connectivity index (χ1n) is 7.66. The minimum atomic E-state index is 0.114. The van der Waals surface area contributed by atoms with Crippen molar-refractivity contribution in [3.05, 3.63) is 39.8 Å². The summed E-state index contributed by atoms with van der Waals surface area (Å²) in [5.41, 5.74) is 2.25. The summed E-state index contributed by atoms with van der Waals surface area (Å²) >= 11 is 1.73. The van der Waals surface area contributed by atoms with Crippen LogP contribution < -0.4 is 5.32 Å². The fourth-order valence-electron chi connectivity index (χ4n) is 2.88. The Bertz CT molecular complexity index is 629. The Morgan fingerprint density at radius 3 is 2.91 bits per heavy atom. The molecule has 3 heterocycles. The molecule has 2 aromatic rings. The number of carbonyl (C=O) groups is 1. The molecular weight excluding hydrogens is 296 g/mol. The van der Waals surface area contributed by atoms with E-state index in [-0.39, 0.29) is 5.91 Å². The van der Waals surface area contributed by atoms with Crippen LogP contribution in [0.3, 0.4) is 0 Å². The molecule has 0 aromatic carbocycles. The third kappa shape index (κ3) is 3.56. The number of nitrogens with zero attached hydrogens (tertiary/aromatic N) is 3. The summed E-state index contributed by atoms with van der Waals surface area (Å²) in [5, 5.41) is 9.57. The van der Waals surface area contributed by atoms with E-state index in [1.165, 1.54) is 10.6 Å². The normalized spacial score (nSPS) is 15.7. The number of thiophene rings is 1. The van der Waals surface area contributed by atoms with Gasteiger partial charge in [-0.25, -0.2) is 0 Å². The Kier molecular flexibility index (Phi) is 4.59. The Morgan fingerprint density at radius 2 is 2.27 bits per heavy atom. The Labute approximate surface area is 134 Å². The standard InChI is InChI=1S/C16H22N4OS/c1-12-8-13(2)20(18-12)14-9-19(10-14)11-16(21)17-6-5-15-4-3-7-22-15/h3-4,7-8,14H,5-6,9-11H2,1-2H3,(H,17,21). The van der Waals surface area contributed by atoms with Gasteiger partial charge in [-0.1, -0.05) is 6.07 Å². The monoisotopic (exact) mass is 318 g/mol. The van der Waals surface area contributed by atoms with Gasteiger partial charge in [-0.15, -0.1) is 11.3 Å². The van der Waals surface area contributed by atoms with Crippen molar-refractivity contribution in [2.24, 2.45) is 0 Å². The fraction of sp³-hybridized carbons (Fsp3) is 0.500. The SMILES string of the molecule is Cc1cc(C)n(C2CN(CC(=O)NCCc3cccs3)C2)n1. The van der Waals surface area contributed by atoms with E-state index < -0.39 is 0 Å². The van der Waals surface area contributed by atoms with E-state index in [1.807, 2.05) is 13.0 Å². The smallest absolute Gasteiger partial charge is 0.234 e. The minimum Gasteiger partial charge on any atom is -0.355 e. The van der Waals surface area contributed by atoms with Gasteiger partial charge in [0.2, 0.25) is 5.91 Å². The third-order valence-electron chi connectivity index (χ3n) is 3.97. The van der Waals surface area contributed by atoms with Gasteiger partial charge in [0.1, 0.15) is 0 Å². The van der Waals surface area contributed by atoms with Crippen molar-refractivity contribution >= 4 is 17.2 Å². The second-order valence-electron chi connectivity index (χ2n) is 5.90. The molecule has 22 heavy (non-hydrogen) atoms. The number of hydrogen-bond acceptors (Lipinski definition) is 4. The summed E-state index contributed by atoms with van der Waals surface area (Å²) < 4.78 is 2.08. The maximum atomic E-state index is 11.9. The highest BCUT2D eigenvalue weighted by molar-refractivity contribution is 7.09. The van der Waals surface area contributed by atoms with Crippen LogP contribution in [0, 0.1) is 13.8 Å². The molecule has 0 radical (unpaired) electrons. The second kappa shape index (κ2) is 6.62. The molecular formula is C16H22N4OS.